The number of hydrogen-bond acceptors (Lipinski definition) is 9. The number of hydrogen-bond donors (Lipinski definition) is 0. The fourth-order valence-electron chi connectivity index (χ4n) is 7.28. The molecule has 0 aliphatic rings. The second-order valence-corrected chi connectivity index (χ2v) is 16.6. The van der Waals surface area contributed by atoms with E-state index in [2.05, 4.69) is 23.8 Å². The van der Waals surface area contributed by atoms with Gasteiger partial charge in [-0.3, -0.25) is 9.98 Å². The molecule has 5 aromatic rings. The second kappa shape index (κ2) is 29.8. The minimum absolute atomic E-state index is 0.0291. The molecule has 0 aliphatic heterocycles. The average Bonchev–Trinajstić information content (AvgIpc) is 3.35. The van der Waals surface area contributed by atoms with Crippen LogP contribution in [0.5, 0.6) is 23.0 Å². The third-order valence-corrected chi connectivity index (χ3v) is 11.2. The summed E-state index contributed by atoms with van der Waals surface area (Å²) in [6, 6.07) is 35.4. The first-order chi connectivity index (χ1) is 32.4. The normalized spacial score (nSPS) is 11.2. The van der Waals surface area contributed by atoms with Gasteiger partial charge in [0.05, 0.1) is 35.7 Å². The minimum atomic E-state index is -0.673. The van der Waals surface area contributed by atoms with Crippen molar-refractivity contribution in [2.75, 3.05) is 13.2 Å². The van der Waals surface area contributed by atoms with Crippen molar-refractivity contribution >= 4 is 35.7 Å². The molecule has 66 heavy (non-hydrogen) atoms. The predicted octanol–water partition coefficient (Wildman–Crippen LogP) is 15.3. The molecule has 0 spiro atoms. The lowest BCUT2D eigenvalue weighted by atomic mass is 10.1. The summed E-state index contributed by atoms with van der Waals surface area (Å²) in [5.74, 6) is 0.277. The van der Waals surface area contributed by atoms with Gasteiger partial charge < -0.3 is 18.9 Å². The molecular weight excluding hydrogens is 823 g/mol. The van der Waals surface area contributed by atoms with Crippen molar-refractivity contribution in [3.05, 3.63) is 143 Å². The highest BCUT2D eigenvalue weighted by atomic mass is 16.5. The van der Waals surface area contributed by atoms with Crippen molar-refractivity contribution in [3.63, 3.8) is 0 Å². The highest BCUT2D eigenvalue weighted by Gasteiger charge is 2.18. The Morgan fingerprint density at radius 3 is 1.17 bits per heavy atom. The molecule has 0 aromatic heterocycles. The number of carbonyl (C=O) groups excluding carboxylic acids is 2. The molecule has 0 unspecified atom stereocenters. The van der Waals surface area contributed by atoms with Crippen molar-refractivity contribution in [1.82, 2.24) is 0 Å². The van der Waals surface area contributed by atoms with Gasteiger partial charge in [0.2, 0.25) is 0 Å². The van der Waals surface area contributed by atoms with E-state index in [-0.39, 0.29) is 28.2 Å². The van der Waals surface area contributed by atoms with Gasteiger partial charge in [0.15, 0.2) is 11.5 Å². The molecule has 0 saturated carbocycles. The van der Waals surface area contributed by atoms with Crippen LogP contribution in [0.1, 0.15) is 167 Å². The molecule has 5 aromatic carbocycles. The molecule has 0 amide bonds. The average molecular weight is 890 g/mol. The quantitative estimate of drug-likeness (QED) is 0.0195. The lowest BCUT2D eigenvalue weighted by Gasteiger charge is -2.10. The molecule has 0 N–H and O–H groups in total. The lowest BCUT2D eigenvalue weighted by molar-refractivity contribution is 0.0731. The Labute approximate surface area is 392 Å². The molecule has 5 rings (SSSR count). The Balaban J connectivity index is 1.03. The van der Waals surface area contributed by atoms with E-state index in [9.17, 15) is 14.9 Å². The van der Waals surface area contributed by atoms with Crippen LogP contribution in [0.3, 0.4) is 0 Å². The highest BCUT2D eigenvalue weighted by Crippen LogP contribution is 2.30. The van der Waals surface area contributed by atoms with Crippen LogP contribution in [-0.4, -0.2) is 37.6 Å². The standard InChI is InChI=1S/C57H67N3O6/c1-3-5-7-9-11-13-15-17-19-40-63-51-36-24-45(25-37-51)43-59-49-32-28-47(29-33-49)56(61)65-54-22-21-23-55(53(54)42-58)66-57(62)48-30-34-50(35-31-48)60-44-46-26-38-52(39-27-46)64-41-20-18-16-14-12-10-8-6-4-2/h21-39,43-44H,3-20,40-41H2,1-2H3. The Morgan fingerprint density at radius 1 is 0.470 bits per heavy atom. The van der Waals surface area contributed by atoms with Crippen LogP contribution in [0.2, 0.25) is 0 Å². The summed E-state index contributed by atoms with van der Waals surface area (Å²) < 4.78 is 23.1. The topological polar surface area (TPSA) is 120 Å². The first kappa shape index (κ1) is 50.5. The Kier molecular flexibility index (Phi) is 22.8. The Bertz CT molecular complexity index is 2120. The number of nitrogens with zero attached hydrogens (tertiary/aromatic N) is 3. The number of carbonyl (C=O) groups is 2. The van der Waals surface area contributed by atoms with Crippen molar-refractivity contribution in [2.45, 2.75) is 129 Å². The molecular formula is C57H67N3O6. The van der Waals surface area contributed by atoms with Crippen LogP contribution in [0.15, 0.2) is 125 Å². The molecule has 0 fully saturated rings. The molecule has 0 saturated heterocycles. The molecule has 9 heteroatoms. The maximum Gasteiger partial charge on any atom is 0.343 e. The largest absolute Gasteiger partial charge is 0.494 e. The first-order valence-corrected chi connectivity index (χ1v) is 24.2. The summed E-state index contributed by atoms with van der Waals surface area (Å²) in [6.45, 7) is 5.93. The Hall–Kier alpha value is -6.53. The van der Waals surface area contributed by atoms with Gasteiger partial charge in [-0.2, -0.15) is 5.26 Å². The number of rotatable bonds is 30. The molecule has 346 valence electrons. The molecule has 0 aliphatic carbocycles. The zero-order valence-electron chi connectivity index (χ0n) is 39.1. The number of esters is 2. The van der Waals surface area contributed by atoms with E-state index in [1.807, 2.05) is 54.6 Å². The Morgan fingerprint density at radius 2 is 0.818 bits per heavy atom. The van der Waals surface area contributed by atoms with Crippen LogP contribution in [0.4, 0.5) is 11.4 Å². The number of benzene rings is 5. The van der Waals surface area contributed by atoms with Crippen molar-refractivity contribution in [3.8, 4) is 29.1 Å². The van der Waals surface area contributed by atoms with E-state index in [1.54, 1.807) is 67.0 Å². The fourth-order valence-corrected chi connectivity index (χ4v) is 7.28. The minimum Gasteiger partial charge on any atom is -0.494 e. The third kappa shape index (κ3) is 18.5. The maximum absolute atomic E-state index is 13.1. The van der Waals surface area contributed by atoms with Crippen LogP contribution >= 0.6 is 0 Å². The monoisotopic (exact) mass is 890 g/mol. The van der Waals surface area contributed by atoms with E-state index >= 15 is 0 Å². The summed E-state index contributed by atoms with van der Waals surface area (Å²) in [6.07, 6.45) is 26.6. The first-order valence-electron chi connectivity index (χ1n) is 24.2. The van der Waals surface area contributed by atoms with Gasteiger partial charge in [0.25, 0.3) is 0 Å². The van der Waals surface area contributed by atoms with Crippen LogP contribution < -0.4 is 18.9 Å². The third-order valence-electron chi connectivity index (χ3n) is 11.2. The number of nitriles is 1. The number of aliphatic imine (C=N–C) groups is 2. The van der Waals surface area contributed by atoms with Gasteiger partial charge in [0.1, 0.15) is 23.1 Å². The molecule has 0 radical (unpaired) electrons. The summed E-state index contributed by atoms with van der Waals surface area (Å²) >= 11 is 0. The van der Waals surface area contributed by atoms with E-state index in [0.717, 1.165) is 35.5 Å². The van der Waals surface area contributed by atoms with Crippen LogP contribution in [0.25, 0.3) is 0 Å². The smallest absolute Gasteiger partial charge is 0.343 e. The predicted molar refractivity (Wildman–Crippen MR) is 267 cm³/mol. The summed E-state index contributed by atoms with van der Waals surface area (Å²) in [4.78, 5) is 35.3. The summed E-state index contributed by atoms with van der Waals surface area (Å²) in [7, 11) is 0. The van der Waals surface area contributed by atoms with Gasteiger partial charge in [-0.15, -0.1) is 0 Å². The van der Waals surface area contributed by atoms with Gasteiger partial charge in [0, 0.05) is 12.4 Å². The van der Waals surface area contributed by atoms with E-state index in [0.29, 0.717) is 24.6 Å². The SMILES string of the molecule is CCCCCCCCCCCOc1ccc(C=Nc2ccc(C(=O)Oc3cccc(OC(=O)c4ccc(N=Cc5ccc(OCCCCCCCCCCC)cc5)cc4)c3C#N)cc2)cc1. The van der Waals surface area contributed by atoms with Crippen molar-refractivity contribution in [1.29, 1.82) is 5.26 Å². The molecule has 0 bridgehead atoms. The zero-order chi connectivity index (χ0) is 46.4. The lowest BCUT2D eigenvalue weighted by Crippen LogP contribution is -2.12. The van der Waals surface area contributed by atoms with Gasteiger partial charge in [-0.05, 0) is 133 Å². The van der Waals surface area contributed by atoms with Crippen LogP contribution in [-0.2, 0) is 0 Å². The summed E-state index contributed by atoms with van der Waals surface area (Å²) in [5, 5.41) is 10.00. The van der Waals surface area contributed by atoms with Crippen molar-refractivity contribution < 1.29 is 28.5 Å². The van der Waals surface area contributed by atoms with Gasteiger partial charge in [-0.1, -0.05) is 123 Å². The van der Waals surface area contributed by atoms with E-state index in [1.165, 1.54) is 115 Å². The second-order valence-electron chi connectivity index (χ2n) is 16.6. The zero-order valence-corrected chi connectivity index (χ0v) is 39.1. The number of unbranched alkanes of at least 4 members (excludes halogenated alkanes) is 16. The van der Waals surface area contributed by atoms with E-state index in [4.69, 9.17) is 18.9 Å². The van der Waals surface area contributed by atoms with Crippen LogP contribution in [0, 0.1) is 11.3 Å². The molecule has 0 atom stereocenters. The highest BCUT2D eigenvalue weighted by molar-refractivity contribution is 5.93. The van der Waals surface area contributed by atoms with E-state index < -0.39 is 11.9 Å². The molecule has 9 nitrogen and oxygen atoms in total. The summed E-state index contributed by atoms with van der Waals surface area (Å²) in [5.41, 5.74) is 3.59. The number of ether oxygens (including phenoxy) is 4. The maximum atomic E-state index is 13.1. The molecule has 0 heterocycles. The van der Waals surface area contributed by atoms with Gasteiger partial charge >= 0.3 is 11.9 Å². The fraction of sp³-hybridized carbons (Fsp3) is 0.386. The van der Waals surface area contributed by atoms with Gasteiger partial charge in [-0.25, -0.2) is 9.59 Å². The van der Waals surface area contributed by atoms with Crippen molar-refractivity contribution in [2.24, 2.45) is 9.98 Å².